The lowest BCUT2D eigenvalue weighted by Gasteiger charge is -2.37. The maximum absolute atomic E-state index is 6.66. The Morgan fingerprint density at radius 2 is 1.70 bits per heavy atom. The van der Waals surface area contributed by atoms with Crippen LogP contribution in [0.15, 0.2) is 48.8 Å². The number of para-hydroxylation sites is 1. The number of benzene rings is 2. The Balaban J connectivity index is 1.16. The van der Waals surface area contributed by atoms with Crippen molar-refractivity contribution in [2.75, 3.05) is 55.1 Å². The molecule has 0 spiro atoms. The van der Waals surface area contributed by atoms with E-state index in [0.29, 0.717) is 12.5 Å². The van der Waals surface area contributed by atoms with Crippen LogP contribution in [0.2, 0.25) is 0 Å². The Morgan fingerprint density at radius 1 is 0.879 bits per heavy atom. The van der Waals surface area contributed by atoms with E-state index in [1.54, 1.807) is 6.33 Å². The highest BCUT2D eigenvalue weighted by Gasteiger charge is 2.26. The summed E-state index contributed by atoms with van der Waals surface area (Å²) in [5.74, 6) is 3.32. The molecule has 3 aliphatic heterocycles. The summed E-state index contributed by atoms with van der Waals surface area (Å²) in [4.78, 5) is 16.1. The SMILES string of the molecule is Nc1c(N2CCN(Cc3ccc4c(c3)OCO4)CC2)ncnc1N1CCCc2ccccc21. The van der Waals surface area contributed by atoms with Crippen LogP contribution < -0.4 is 25.0 Å². The average Bonchev–Trinajstić information content (AvgIpc) is 3.33. The van der Waals surface area contributed by atoms with Gasteiger partial charge in [0.25, 0.3) is 0 Å². The molecule has 6 rings (SSSR count). The number of hydrogen-bond donors (Lipinski definition) is 1. The third kappa shape index (κ3) is 3.80. The number of ether oxygens (including phenoxy) is 2. The number of aromatic nitrogens is 2. The van der Waals surface area contributed by atoms with Gasteiger partial charge in [0.2, 0.25) is 6.79 Å². The summed E-state index contributed by atoms with van der Waals surface area (Å²) in [6, 6.07) is 14.7. The fourth-order valence-electron chi connectivity index (χ4n) is 5.01. The molecule has 1 fully saturated rings. The monoisotopic (exact) mass is 444 g/mol. The largest absolute Gasteiger partial charge is 0.454 e. The number of fused-ring (bicyclic) bond motifs is 2. The van der Waals surface area contributed by atoms with Gasteiger partial charge in [0.05, 0.1) is 0 Å². The van der Waals surface area contributed by atoms with E-state index in [9.17, 15) is 0 Å². The fourth-order valence-corrected chi connectivity index (χ4v) is 5.01. The third-order valence-corrected chi connectivity index (χ3v) is 6.72. The van der Waals surface area contributed by atoms with Gasteiger partial charge in [-0.25, -0.2) is 9.97 Å². The number of nitrogens with two attached hydrogens (primary N) is 1. The Bertz CT molecular complexity index is 1160. The average molecular weight is 445 g/mol. The molecule has 3 aromatic rings. The van der Waals surface area contributed by atoms with Crippen LogP contribution in [0.25, 0.3) is 0 Å². The minimum absolute atomic E-state index is 0.308. The lowest BCUT2D eigenvalue weighted by Crippen LogP contribution is -2.46. The molecule has 8 nitrogen and oxygen atoms in total. The van der Waals surface area contributed by atoms with Gasteiger partial charge >= 0.3 is 0 Å². The predicted octanol–water partition coefficient (Wildman–Crippen LogP) is 3.19. The van der Waals surface area contributed by atoms with Crippen molar-refractivity contribution in [3.05, 3.63) is 59.9 Å². The molecular formula is C25H28N6O2. The number of rotatable bonds is 4. The number of piperazine rings is 1. The van der Waals surface area contributed by atoms with Crippen LogP contribution in [0.4, 0.5) is 23.0 Å². The lowest BCUT2D eigenvalue weighted by molar-refractivity contribution is 0.174. The Hall–Kier alpha value is -3.52. The van der Waals surface area contributed by atoms with Crippen molar-refractivity contribution in [2.24, 2.45) is 0 Å². The van der Waals surface area contributed by atoms with E-state index in [-0.39, 0.29) is 0 Å². The van der Waals surface area contributed by atoms with Crippen molar-refractivity contribution in [3.63, 3.8) is 0 Å². The van der Waals surface area contributed by atoms with Crippen LogP contribution in [-0.4, -0.2) is 54.4 Å². The minimum atomic E-state index is 0.308. The van der Waals surface area contributed by atoms with Gasteiger partial charge in [0.15, 0.2) is 23.1 Å². The number of aryl methyl sites for hydroxylation is 1. The maximum atomic E-state index is 6.66. The lowest BCUT2D eigenvalue weighted by atomic mass is 10.0. The van der Waals surface area contributed by atoms with E-state index in [2.05, 4.69) is 61.1 Å². The smallest absolute Gasteiger partial charge is 0.231 e. The highest BCUT2D eigenvalue weighted by molar-refractivity contribution is 5.81. The molecule has 4 heterocycles. The van der Waals surface area contributed by atoms with Crippen LogP contribution in [-0.2, 0) is 13.0 Å². The van der Waals surface area contributed by atoms with Gasteiger partial charge < -0.3 is 25.0 Å². The van der Waals surface area contributed by atoms with Gasteiger partial charge in [0, 0.05) is 45.0 Å². The summed E-state index contributed by atoms with van der Waals surface area (Å²) < 4.78 is 10.9. The quantitative estimate of drug-likeness (QED) is 0.657. The molecule has 0 radical (unpaired) electrons. The maximum Gasteiger partial charge on any atom is 0.231 e. The number of nitrogen functional groups attached to an aromatic ring is 1. The minimum Gasteiger partial charge on any atom is -0.454 e. The molecule has 1 saturated heterocycles. The van der Waals surface area contributed by atoms with Crippen LogP contribution >= 0.6 is 0 Å². The highest BCUT2D eigenvalue weighted by atomic mass is 16.7. The van der Waals surface area contributed by atoms with Crippen LogP contribution in [0, 0.1) is 0 Å². The molecule has 0 saturated carbocycles. The van der Waals surface area contributed by atoms with Crippen molar-refractivity contribution in [3.8, 4) is 11.5 Å². The summed E-state index contributed by atoms with van der Waals surface area (Å²) >= 11 is 0. The predicted molar refractivity (Wildman–Crippen MR) is 128 cm³/mol. The van der Waals surface area contributed by atoms with Gasteiger partial charge in [-0.3, -0.25) is 4.90 Å². The van der Waals surface area contributed by atoms with Gasteiger partial charge in [-0.15, -0.1) is 0 Å². The van der Waals surface area contributed by atoms with Crippen molar-refractivity contribution in [2.45, 2.75) is 19.4 Å². The first kappa shape index (κ1) is 20.1. The number of anilines is 4. The van der Waals surface area contributed by atoms with Crippen LogP contribution in [0.5, 0.6) is 11.5 Å². The van der Waals surface area contributed by atoms with Crippen LogP contribution in [0.3, 0.4) is 0 Å². The van der Waals surface area contributed by atoms with E-state index in [4.69, 9.17) is 15.2 Å². The molecule has 0 bridgehead atoms. The number of hydrogen-bond acceptors (Lipinski definition) is 8. The second-order valence-electron chi connectivity index (χ2n) is 8.77. The van der Waals surface area contributed by atoms with Gasteiger partial charge in [0.1, 0.15) is 12.0 Å². The standard InChI is InChI=1S/C25H28N6O2/c26-23-24(27-16-28-25(23)31-9-3-5-19-4-1-2-6-20(19)31)30-12-10-29(11-13-30)15-18-7-8-21-22(14-18)33-17-32-21/h1-2,4,6-8,14,16H,3,5,9-13,15,17,26H2. The molecule has 0 amide bonds. The molecular weight excluding hydrogens is 416 g/mol. The van der Waals surface area contributed by atoms with E-state index in [1.807, 2.05) is 6.07 Å². The molecule has 1 aromatic heterocycles. The Morgan fingerprint density at radius 3 is 2.61 bits per heavy atom. The highest BCUT2D eigenvalue weighted by Crippen LogP contribution is 2.38. The second kappa shape index (κ2) is 8.44. The van der Waals surface area contributed by atoms with Crippen LogP contribution in [0.1, 0.15) is 17.5 Å². The molecule has 33 heavy (non-hydrogen) atoms. The van der Waals surface area contributed by atoms with E-state index in [1.165, 1.54) is 16.8 Å². The van der Waals surface area contributed by atoms with Gasteiger partial charge in [-0.1, -0.05) is 24.3 Å². The molecule has 8 heteroatoms. The molecule has 2 N–H and O–H groups in total. The number of nitrogens with zero attached hydrogens (tertiary/aromatic N) is 5. The fraction of sp³-hybridized carbons (Fsp3) is 0.360. The zero-order chi connectivity index (χ0) is 22.2. The molecule has 2 aromatic carbocycles. The first-order valence-electron chi connectivity index (χ1n) is 11.6. The first-order chi connectivity index (χ1) is 16.3. The van der Waals surface area contributed by atoms with Gasteiger partial charge in [-0.05, 0) is 42.2 Å². The normalized spacial score (nSPS) is 17.8. The second-order valence-corrected chi connectivity index (χ2v) is 8.77. The molecule has 170 valence electrons. The van der Waals surface area contributed by atoms with Crippen molar-refractivity contribution in [1.82, 2.24) is 14.9 Å². The van der Waals surface area contributed by atoms with Crippen molar-refractivity contribution >= 4 is 23.0 Å². The summed E-state index contributed by atoms with van der Waals surface area (Å²) in [6.45, 7) is 5.76. The summed E-state index contributed by atoms with van der Waals surface area (Å²) in [6.07, 6.45) is 3.83. The van der Waals surface area contributed by atoms with Gasteiger partial charge in [-0.2, -0.15) is 0 Å². The molecule has 3 aliphatic rings. The van der Waals surface area contributed by atoms with Crippen molar-refractivity contribution < 1.29 is 9.47 Å². The Kier molecular flexibility index (Phi) is 5.14. The van der Waals surface area contributed by atoms with E-state index < -0.39 is 0 Å². The zero-order valence-electron chi connectivity index (χ0n) is 18.6. The zero-order valence-corrected chi connectivity index (χ0v) is 18.6. The topological polar surface area (TPSA) is 80.0 Å². The Labute approximate surface area is 193 Å². The third-order valence-electron chi connectivity index (χ3n) is 6.72. The molecule has 0 unspecified atom stereocenters. The van der Waals surface area contributed by atoms with E-state index >= 15 is 0 Å². The summed E-state index contributed by atoms with van der Waals surface area (Å²) in [5, 5.41) is 0. The van der Waals surface area contributed by atoms with Crippen molar-refractivity contribution in [1.29, 1.82) is 0 Å². The molecule has 0 atom stereocenters. The summed E-state index contributed by atoms with van der Waals surface area (Å²) in [5.41, 5.74) is 11.1. The first-order valence-corrected chi connectivity index (χ1v) is 11.6. The summed E-state index contributed by atoms with van der Waals surface area (Å²) in [7, 11) is 0. The molecule has 0 aliphatic carbocycles. The van der Waals surface area contributed by atoms with E-state index in [0.717, 1.165) is 75.2 Å².